The number of carbonyl (C=O) groups is 1. The molecule has 16 heavy (non-hydrogen) atoms. The van der Waals surface area contributed by atoms with Crippen molar-refractivity contribution in [1.29, 1.82) is 0 Å². The maximum atomic E-state index is 11.0. The maximum absolute atomic E-state index is 11.0. The summed E-state index contributed by atoms with van der Waals surface area (Å²) in [5.74, 6) is 0.350. The van der Waals surface area contributed by atoms with Crippen LogP contribution in [0.25, 0.3) is 10.9 Å². The molecule has 0 fully saturated rings. The number of para-hydroxylation sites is 1. The van der Waals surface area contributed by atoms with Crippen LogP contribution in [0.15, 0.2) is 30.5 Å². The number of carbonyl (C=O) groups excluding carboxylic acids is 1. The SMILES string of the molecule is CC(=O)Oc1cn(C(C)C)c2ccccc12. The van der Waals surface area contributed by atoms with Gasteiger partial charge in [0, 0.05) is 24.5 Å². The smallest absolute Gasteiger partial charge is 0.308 e. The number of aromatic nitrogens is 1. The highest BCUT2D eigenvalue weighted by Gasteiger charge is 2.12. The first-order valence-corrected chi connectivity index (χ1v) is 5.37. The Kier molecular flexibility index (Phi) is 2.69. The van der Waals surface area contributed by atoms with Gasteiger partial charge in [-0.1, -0.05) is 12.1 Å². The number of ether oxygens (including phenoxy) is 1. The number of hydrogen-bond acceptors (Lipinski definition) is 2. The second-order valence-electron chi connectivity index (χ2n) is 4.11. The van der Waals surface area contributed by atoms with Crippen molar-refractivity contribution in [3.63, 3.8) is 0 Å². The number of nitrogens with zero attached hydrogens (tertiary/aromatic N) is 1. The second-order valence-corrected chi connectivity index (χ2v) is 4.11. The molecular weight excluding hydrogens is 202 g/mol. The molecule has 3 nitrogen and oxygen atoms in total. The third-order valence-corrected chi connectivity index (χ3v) is 2.51. The van der Waals surface area contributed by atoms with Crippen LogP contribution in [0.1, 0.15) is 26.8 Å². The van der Waals surface area contributed by atoms with Crippen molar-refractivity contribution in [2.45, 2.75) is 26.8 Å². The normalized spacial score (nSPS) is 11.0. The van der Waals surface area contributed by atoms with Gasteiger partial charge in [-0.05, 0) is 26.0 Å². The summed E-state index contributed by atoms with van der Waals surface area (Å²) >= 11 is 0. The standard InChI is InChI=1S/C13H15NO2/c1-9(2)14-8-13(16-10(3)15)11-6-4-5-7-12(11)14/h4-9H,1-3H3. The van der Waals surface area contributed by atoms with E-state index >= 15 is 0 Å². The Labute approximate surface area is 94.6 Å². The monoisotopic (exact) mass is 217 g/mol. The van der Waals surface area contributed by atoms with Gasteiger partial charge in [0.2, 0.25) is 0 Å². The Hall–Kier alpha value is -1.77. The largest absolute Gasteiger partial charge is 0.424 e. The minimum Gasteiger partial charge on any atom is -0.424 e. The Bertz CT molecular complexity index is 526. The van der Waals surface area contributed by atoms with Crippen molar-refractivity contribution >= 4 is 16.9 Å². The van der Waals surface area contributed by atoms with Gasteiger partial charge in [0.25, 0.3) is 0 Å². The zero-order valence-electron chi connectivity index (χ0n) is 9.73. The van der Waals surface area contributed by atoms with Crippen molar-refractivity contribution in [3.05, 3.63) is 30.5 Å². The van der Waals surface area contributed by atoms with Crippen LogP contribution < -0.4 is 4.74 Å². The lowest BCUT2D eigenvalue weighted by atomic mass is 10.2. The molecule has 0 unspecified atom stereocenters. The van der Waals surface area contributed by atoms with E-state index in [0.29, 0.717) is 11.8 Å². The molecule has 1 aromatic heterocycles. The molecule has 0 aliphatic carbocycles. The molecule has 0 saturated heterocycles. The maximum Gasteiger partial charge on any atom is 0.308 e. The molecule has 0 aliphatic rings. The summed E-state index contributed by atoms with van der Waals surface area (Å²) in [5, 5.41) is 0.978. The molecular formula is C13H15NO2. The van der Waals surface area contributed by atoms with Gasteiger partial charge in [0.05, 0.1) is 5.52 Å². The predicted octanol–water partition coefficient (Wildman–Crippen LogP) is 3.15. The summed E-state index contributed by atoms with van der Waals surface area (Å²) in [6, 6.07) is 8.27. The first-order valence-electron chi connectivity index (χ1n) is 5.37. The van der Waals surface area contributed by atoms with Gasteiger partial charge < -0.3 is 9.30 Å². The van der Waals surface area contributed by atoms with E-state index in [2.05, 4.69) is 18.4 Å². The highest BCUT2D eigenvalue weighted by Crippen LogP contribution is 2.30. The number of benzene rings is 1. The average Bonchev–Trinajstić information content (AvgIpc) is 2.57. The van der Waals surface area contributed by atoms with E-state index in [0.717, 1.165) is 10.9 Å². The fourth-order valence-electron chi connectivity index (χ4n) is 1.84. The Balaban J connectivity index is 2.62. The van der Waals surface area contributed by atoms with Crippen LogP contribution in [0.5, 0.6) is 5.75 Å². The van der Waals surface area contributed by atoms with Crippen LogP contribution >= 0.6 is 0 Å². The quantitative estimate of drug-likeness (QED) is 0.723. The van der Waals surface area contributed by atoms with Gasteiger partial charge in [-0.15, -0.1) is 0 Å². The van der Waals surface area contributed by atoms with E-state index in [4.69, 9.17) is 4.74 Å². The van der Waals surface area contributed by atoms with Crippen molar-refractivity contribution in [2.75, 3.05) is 0 Å². The van der Waals surface area contributed by atoms with Crippen molar-refractivity contribution in [2.24, 2.45) is 0 Å². The zero-order chi connectivity index (χ0) is 11.7. The van der Waals surface area contributed by atoms with Gasteiger partial charge in [-0.3, -0.25) is 4.79 Å². The van der Waals surface area contributed by atoms with Crippen molar-refractivity contribution in [3.8, 4) is 5.75 Å². The van der Waals surface area contributed by atoms with E-state index in [1.54, 1.807) is 0 Å². The lowest BCUT2D eigenvalue weighted by Crippen LogP contribution is -2.01. The lowest BCUT2D eigenvalue weighted by Gasteiger charge is -2.07. The Morgan fingerprint density at radius 3 is 2.62 bits per heavy atom. The molecule has 0 radical (unpaired) electrons. The minimum absolute atomic E-state index is 0.286. The second kappa shape index (κ2) is 4.00. The third-order valence-electron chi connectivity index (χ3n) is 2.51. The van der Waals surface area contributed by atoms with E-state index in [1.807, 2.05) is 30.5 Å². The number of hydrogen-bond donors (Lipinski definition) is 0. The summed E-state index contributed by atoms with van der Waals surface area (Å²) in [6.45, 7) is 5.62. The number of rotatable bonds is 2. The summed E-state index contributed by atoms with van der Waals surface area (Å²) in [4.78, 5) is 11.0. The molecule has 1 aromatic carbocycles. The number of fused-ring (bicyclic) bond motifs is 1. The molecule has 2 rings (SSSR count). The molecule has 84 valence electrons. The minimum atomic E-state index is -0.286. The van der Waals surface area contributed by atoms with Gasteiger partial charge in [-0.25, -0.2) is 0 Å². The van der Waals surface area contributed by atoms with Gasteiger partial charge >= 0.3 is 5.97 Å². The van der Waals surface area contributed by atoms with Crippen LogP contribution in [0.3, 0.4) is 0 Å². The van der Waals surface area contributed by atoms with Crippen molar-refractivity contribution < 1.29 is 9.53 Å². The molecule has 0 amide bonds. The molecule has 0 spiro atoms. The van der Waals surface area contributed by atoms with E-state index in [-0.39, 0.29) is 5.97 Å². The summed E-state index contributed by atoms with van der Waals surface area (Å²) in [6.07, 6.45) is 1.89. The molecule has 0 atom stereocenters. The fourth-order valence-corrected chi connectivity index (χ4v) is 1.84. The first-order chi connectivity index (χ1) is 7.59. The molecule has 0 aliphatic heterocycles. The van der Waals surface area contributed by atoms with Crippen molar-refractivity contribution in [1.82, 2.24) is 4.57 Å². The van der Waals surface area contributed by atoms with Crippen LogP contribution in [-0.4, -0.2) is 10.5 Å². The molecule has 0 bridgehead atoms. The van der Waals surface area contributed by atoms with Crippen LogP contribution in [0.2, 0.25) is 0 Å². The highest BCUT2D eigenvalue weighted by atomic mass is 16.5. The van der Waals surface area contributed by atoms with Gasteiger partial charge in [0.15, 0.2) is 5.75 Å². The van der Waals surface area contributed by atoms with Gasteiger partial charge in [-0.2, -0.15) is 0 Å². The molecule has 3 heteroatoms. The van der Waals surface area contributed by atoms with Gasteiger partial charge in [0.1, 0.15) is 0 Å². The summed E-state index contributed by atoms with van der Waals surface area (Å²) in [5.41, 5.74) is 1.09. The number of esters is 1. The Morgan fingerprint density at radius 1 is 1.31 bits per heavy atom. The summed E-state index contributed by atoms with van der Waals surface area (Å²) in [7, 11) is 0. The topological polar surface area (TPSA) is 31.2 Å². The van der Waals surface area contributed by atoms with E-state index < -0.39 is 0 Å². The molecule has 0 saturated carbocycles. The Morgan fingerprint density at radius 2 is 2.00 bits per heavy atom. The highest BCUT2D eigenvalue weighted by molar-refractivity contribution is 5.89. The van der Waals surface area contributed by atoms with Crippen LogP contribution in [0.4, 0.5) is 0 Å². The third kappa shape index (κ3) is 1.81. The molecule has 0 N–H and O–H groups in total. The molecule has 2 aromatic rings. The van der Waals surface area contributed by atoms with E-state index in [9.17, 15) is 4.79 Å². The lowest BCUT2D eigenvalue weighted by molar-refractivity contribution is -0.131. The predicted molar refractivity (Wildman–Crippen MR) is 63.6 cm³/mol. The fraction of sp³-hybridized carbons (Fsp3) is 0.308. The van der Waals surface area contributed by atoms with Crippen LogP contribution in [-0.2, 0) is 4.79 Å². The molecule has 1 heterocycles. The summed E-state index contributed by atoms with van der Waals surface area (Å²) < 4.78 is 7.30. The first kappa shape index (κ1) is 10.7. The zero-order valence-corrected chi connectivity index (χ0v) is 9.73. The van der Waals surface area contributed by atoms with E-state index in [1.165, 1.54) is 6.92 Å². The van der Waals surface area contributed by atoms with Crippen LogP contribution in [0, 0.1) is 0 Å². The average molecular weight is 217 g/mol.